The first kappa shape index (κ1) is 20.5. The topological polar surface area (TPSA) is 71.1 Å². The van der Waals surface area contributed by atoms with E-state index >= 15 is 0 Å². The van der Waals surface area contributed by atoms with Crippen molar-refractivity contribution in [2.45, 2.75) is 71.2 Å². The van der Waals surface area contributed by atoms with Crippen molar-refractivity contribution in [1.29, 1.82) is 0 Å². The number of Topliss-reactive ketones (excluding diaryl/α,β-unsaturated/α-hetero) is 1. The second kappa shape index (κ2) is 6.28. The first-order valence-electron chi connectivity index (χ1n) is 12.0. The fourth-order valence-corrected chi connectivity index (χ4v) is 9.34. The van der Waals surface area contributed by atoms with E-state index in [0.717, 1.165) is 19.3 Å². The van der Waals surface area contributed by atoms with E-state index in [0.29, 0.717) is 43.0 Å². The monoisotopic (exact) mass is 430 g/mol. The molecule has 2 aliphatic heterocycles. The molecule has 0 aromatic carbocycles. The van der Waals surface area contributed by atoms with Gasteiger partial charge < -0.3 is 18.9 Å². The van der Waals surface area contributed by atoms with Crippen LogP contribution in [0.25, 0.3) is 0 Å². The van der Waals surface area contributed by atoms with Crippen molar-refractivity contribution in [1.82, 2.24) is 0 Å². The number of allylic oxidation sites excluding steroid dienone is 1. The molecule has 6 nitrogen and oxygen atoms in total. The molecule has 0 amide bonds. The first-order chi connectivity index (χ1) is 14.7. The summed E-state index contributed by atoms with van der Waals surface area (Å²) in [5.74, 6) is 0.781. The van der Waals surface area contributed by atoms with Gasteiger partial charge in [-0.3, -0.25) is 9.59 Å². The van der Waals surface area contributed by atoms with Crippen molar-refractivity contribution in [2.24, 2.45) is 40.4 Å². The van der Waals surface area contributed by atoms with E-state index in [1.54, 1.807) is 0 Å². The molecule has 2 saturated heterocycles. The molecule has 2 spiro atoms. The Kier molecular flexibility index (Phi) is 4.16. The van der Waals surface area contributed by atoms with Crippen LogP contribution in [-0.4, -0.2) is 43.1 Å². The second-order valence-electron chi connectivity index (χ2n) is 11.6. The van der Waals surface area contributed by atoms with Crippen molar-refractivity contribution in [3.63, 3.8) is 0 Å². The summed E-state index contributed by atoms with van der Waals surface area (Å²) in [7, 11) is 0. The van der Waals surface area contributed by atoms with Crippen LogP contribution in [0.4, 0.5) is 0 Å². The van der Waals surface area contributed by atoms with E-state index in [1.165, 1.54) is 5.57 Å². The Morgan fingerprint density at radius 3 is 2.55 bits per heavy atom. The summed E-state index contributed by atoms with van der Waals surface area (Å²) in [6.07, 6.45) is 5.65. The molecular weight excluding hydrogens is 396 g/mol. The predicted molar refractivity (Wildman–Crippen MR) is 111 cm³/mol. The van der Waals surface area contributed by atoms with Crippen LogP contribution in [0.1, 0.15) is 59.8 Å². The molecule has 0 N–H and O–H groups in total. The van der Waals surface area contributed by atoms with Crippen LogP contribution in [0.2, 0.25) is 0 Å². The minimum absolute atomic E-state index is 0.0116. The van der Waals surface area contributed by atoms with E-state index in [4.69, 9.17) is 18.9 Å². The Labute approximate surface area is 184 Å². The van der Waals surface area contributed by atoms with Crippen molar-refractivity contribution in [3.8, 4) is 0 Å². The summed E-state index contributed by atoms with van der Waals surface area (Å²) in [6, 6.07) is 0. The number of ketones is 2. The van der Waals surface area contributed by atoms with Crippen LogP contribution in [0, 0.1) is 40.4 Å². The lowest BCUT2D eigenvalue weighted by molar-refractivity contribution is -0.256. The summed E-state index contributed by atoms with van der Waals surface area (Å²) in [5, 5.41) is 0. The van der Waals surface area contributed by atoms with E-state index in [2.05, 4.69) is 27.7 Å². The fraction of sp³-hybridized carbons (Fsp3) is 0.840. The van der Waals surface area contributed by atoms with Gasteiger partial charge in [0.05, 0.1) is 0 Å². The first-order valence-corrected chi connectivity index (χ1v) is 12.0. The maximum absolute atomic E-state index is 14.0. The van der Waals surface area contributed by atoms with Crippen LogP contribution >= 0.6 is 0 Å². The van der Waals surface area contributed by atoms with Gasteiger partial charge in [-0.2, -0.15) is 0 Å². The zero-order chi connectivity index (χ0) is 21.8. The second-order valence-corrected chi connectivity index (χ2v) is 11.6. The van der Waals surface area contributed by atoms with Crippen LogP contribution < -0.4 is 0 Å². The molecule has 0 bridgehead atoms. The van der Waals surface area contributed by atoms with Gasteiger partial charge in [-0.15, -0.1) is 0 Å². The molecule has 9 unspecified atom stereocenters. The third-order valence-corrected chi connectivity index (χ3v) is 10.3. The lowest BCUT2D eigenvalue weighted by atomic mass is 9.44. The van der Waals surface area contributed by atoms with Crippen molar-refractivity contribution < 1.29 is 28.5 Å². The number of carbonyl (C=O) groups is 2. The molecule has 9 atom stereocenters. The lowest BCUT2D eigenvalue weighted by Gasteiger charge is -2.60. The highest BCUT2D eigenvalue weighted by molar-refractivity contribution is 5.93. The number of rotatable bonds is 0. The van der Waals surface area contributed by atoms with Gasteiger partial charge in [0.2, 0.25) is 5.79 Å². The predicted octanol–water partition coefficient (Wildman–Crippen LogP) is 3.63. The van der Waals surface area contributed by atoms with Crippen LogP contribution in [0.5, 0.6) is 0 Å². The van der Waals surface area contributed by atoms with E-state index in [9.17, 15) is 9.59 Å². The van der Waals surface area contributed by atoms with Crippen molar-refractivity contribution in [3.05, 3.63) is 11.6 Å². The summed E-state index contributed by atoms with van der Waals surface area (Å²) in [4.78, 5) is 26.2. The van der Waals surface area contributed by atoms with Gasteiger partial charge >= 0.3 is 0 Å². The van der Waals surface area contributed by atoms with Crippen LogP contribution in [0.3, 0.4) is 0 Å². The Balaban J connectivity index is 1.46. The van der Waals surface area contributed by atoms with E-state index in [1.807, 2.05) is 6.08 Å². The third-order valence-electron chi connectivity index (χ3n) is 10.3. The van der Waals surface area contributed by atoms with Gasteiger partial charge in [-0.25, -0.2) is 0 Å². The van der Waals surface area contributed by atoms with Gasteiger partial charge in [0.1, 0.15) is 18.0 Å². The normalized spacial score (nSPS) is 56.0. The smallest absolute Gasteiger partial charge is 0.227 e. The highest BCUT2D eigenvalue weighted by Crippen LogP contribution is 2.72. The molecule has 6 heteroatoms. The lowest BCUT2D eigenvalue weighted by Crippen LogP contribution is -2.67. The molecule has 31 heavy (non-hydrogen) atoms. The Bertz CT molecular complexity index is 868. The Morgan fingerprint density at radius 1 is 1.03 bits per heavy atom. The van der Waals surface area contributed by atoms with Gasteiger partial charge in [-0.1, -0.05) is 33.3 Å². The Morgan fingerprint density at radius 2 is 1.81 bits per heavy atom. The SMILES string of the molecule is CC1CC2C(C(=O)CC3(C)C2CC(C)C32OCOC23COCO3)C2(C)CCC(=O)C=C12. The number of hydrogen-bond donors (Lipinski definition) is 0. The summed E-state index contributed by atoms with van der Waals surface area (Å²) < 4.78 is 24.3. The minimum Gasteiger partial charge on any atom is -0.350 e. The molecule has 4 aliphatic carbocycles. The average molecular weight is 431 g/mol. The average Bonchev–Trinajstić information content (AvgIpc) is 3.39. The third kappa shape index (κ3) is 2.23. The van der Waals surface area contributed by atoms with Gasteiger partial charge in [0, 0.05) is 24.2 Å². The largest absolute Gasteiger partial charge is 0.350 e. The zero-order valence-corrected chi connectivity index (χ0v) is 19.1. The summed E-state index contributed by atoms with van der Waals surface area (Å²) >= 11 is 0. The Hall–Kier alpha value is -1.08. The van der Waals surface area contributed by atoms with Gasteiger partial charge in [0.25, 0.3) is 0 Å². The highest BCUT2D eigenvalue weighted by atomic mass is 16.9. The molecule has 0 aromatic rings. The molecule has 6 aliphatic rings. The maximum Gasteiger partial charge on any atom is 0.227 e. The standard InChI is InChI=1S/C25H34O6/c1-14-7-17-19-8-15(2)25(24(30-13-31-25)11-28-12-29-24)23(19,4)10-20(27)21(17)22(3)6-5-16(26)9-18(14)22/h9,14-15,17,19,21H,5-8,10-13H2,1-4H3. The fourth-order valence-electron chi connectivity index (χ4n) is 9.34. The molecular formula is C25H34O6. The highest BCUT2D eigenvalue weighted by Gasteiger charge is 2.79. The van der Waals surface area contributed by atoms with Gasteiger partial charge in [0.15, 0.2) is 19.4 Å². The molecule has 170 valence electrons. The quantitative estimate of drug-likeness (QED) is 0.584. The van der Waals surface area contributed by atoms with Gasteiger partial charge in [-0.05, 0) is 54.4 Å². The molecule has 3 saturated carbocycles. The van der Waals surface area contributed by atoms with Crippen molar-refractivity contribution >= 4 is 11.6 Å². The molecule has 6 rings (SSSR count). The van der Waals surface area contributed by atoms with Crippen LogP contribution in [-0.2, 0) is 28.5 Å². The minimum atomic E-state index is -0.921. The molecule has 0 aromatic heterocycles. The van der Waals surface area contributed by atoms with Crippen LogP contribution in [0.15, 0.2) is 11.6 Å². The summed E-state index contributed by atoms with van der Waals surface area (Å²) in [6.45, 7) is 9.71. The zero-order valence-electron chi connectivity index (χ0n) is 19.1. The molecule has 0 radical (unpaired) electrons. The molecule has 2 heterocycles. The van der Waals surface area contributed by atoms with Crippen molar-refractivity contribution in [2.75, 3.05) is 20.2 Å². The van der Waals surface area contributed by atoms with E-state index < -0.39 is 11.4 Å². The number of ether oxygens (including phenoxy) is 4. The number of fused-ring (bicyclic) bond motifs is 7. The number of hydrogen-bond acceptors (Lipinski definition) is 6. The summed E-state index contributed by atoms with van der Waals surface area (Å²) in [5.41, 5.74) is -0.0285. The van der Waals surface area contributed by atoms with E-state index in [-0.39, 0.29) is 42.0 Å². The molecule has 5 fully saturated rings. The maximum atomic E-state index is 14.0. The number of carbonyl (C=O) groups excluding carboxylic acids is 2.